The first-order valence-electron chi connectivity index (χ1n) is 7.23. The van der Waals surface area contributed by atoms with Gasteiger partial charge in [0.05, 0.1) is 11.4 Å². The molecule has 0 aliphatic rings. The second kappa shape index (κ2) is 6.57. The van der Waals surface area contributed by atoms with Gasteiger partial charge in [-0.05, 0) is 29.8 Å². The second-order valence-electron chi connectivity index (χ2n) is 5.21. The van der Waals surface area contributed by atoms with Gasteiger partial charge in [-0.3, -0.25) is 4.79 Å². The Bertz CT molecular complexity index is 923. The number of anilines is 1. The van der Waals surface area contributed by atoms with Crippen LogP contribution in [0, 0.1) is 6.57 Å². The molecule has 3 aromatic rings. The number of phenols is 1. The Labute approximate surface area is 144 Å². The maximum Gasteiger partial charge on any atom is 0.268 e. The lowest BCUT2D eigenvalue weighted by Crippen LogP contribution is -2.25. The van der Waals surface area contributed by atoms with Crippen LogP contribution in [0.25, 0.3) is 15.3 Å². The average molecular weight is 334 g/mol. The molecular formula is C19H14N2O2S. The maximum absolute atomic E-state index is 12.6. The van der Waals surface area contributed by atoms with E-state index in [9.17, 15) is 9.90 Å². The highest BCUT2D eigenvalue weighted by atomic mass is 32.1. The van der Waals surface area contributed by atoms with Crippen molar-refractivity contribution in [2.24, 2.45) is 0 Å². The molecule has 0 fully saturated rings. The van der Waals surface area contributed by atoms with Gasteiger partial charge in [-0.15, -0.1) is 11.3 Å². The third-order valence-electron chi connectivity index (χ3n) is 3.62. The third-order valence-corrected chi connectivity index (χ3v) is 4.74. The van der Waals surface area contributed by atoms with Gasteiger partial charge in [0, 0.05) is 23.7 Å². The zero-order valence-corrected chi connectivity index (χ0v) is 13.7. The number of rotatable bonds is 3. The quantitative estimate of drug-likeness (QED) is 0.689. The Morgan fingerprint density at radius 1 is 1.12 bits per heavy atom. The standard InChI is InChI=1S/C19H14N2O2S/c1-20-14-8-6-13(7-9-14)17-10-11-18(24-17)19(23)21(2)15-4-3-5-16(22)12-15/h3-12,22H,2H3. The molecule has 0 aliphatic carbocycles. The number of phenolic OH excluding ortho intramolecular Hbond substituents is 1. The average Bonchev–Trinajstić information content (AvgIpc) is 3.10. The number of carbonyl (C=O) groups excluding carboxylic acids is 1. The molecule has 0 unspecified atom stereocenters. The lowest BCUT2D eigenvalue weighted by atomic mass is 10.2. The van der Waals surface area contributed by atoms with Crippen molar-refractivity contribution < 1.29 is 9.90 Å². The van der Waals surface area contributed by atoms with Crippen LogP contribution < -0.4 is 4.90 Å². The van der Waals surface area contributed by atoms with Crippen LogP contribution in [0.2, 0.25) is 0 Å². The summed E-state index contributed by atoms with van der Waals surface area (Å²) in [6.07, 6.45) is 0. The Morgan fingerprint density at radius 3 is 2.54 bits per heavy atom. The van der Waals surface area contributed by atoms with E-state index in [1.165, 1.54) is 16.2 Å². The summed E-state index contributed by atoms with van der Waals surface area (Å²) in [7, 11) is 1.68. The number of benzene rings is 2. The summed E-state index contributed by atoms with van der Waals surface area (Å²) in [5.74, 6) is -0.00598. The van der Waals surface area contributed by atoms with E-state index in [4.69, 9.17) is 6.57 Å². The van der Waals surface area contributed by atoms with Crippen molar-refractivity contribution in [3.63, 3.8) is 0 Å². The highest BCUT2D eigenvalue weighted by molar-refractivity contribution is 7.17. The fraction of sp³-hybridized carbons (Fsp3) is 0.0526. The Morgan fingerprint density at radius 2 is 1.88 bits per heavy atom. The Kier molecular flexibility index (Phi) is 4.32. The van der Waals surface area contributed by atoms with E-state index in [0.29, 0.717) is 16.3 Å². The van der Waals surface area contributed by atoms with Crippen LogP contribution in [0.3, 0.4) is 0 Å². The van der Waals surface area contributed by atoms with Gasteiger partial charge in [0.25, 0.3) is 5.91 Å². The number of amides is 1. The smallest absolute Gasteiger partial charge is 0.268 e. The summed E-state index contributed by atoms with van der Waals surface area (Å²) in [5, 5.41) is 9.55. The van der Waals surface area contributed by atoms with Crippen molar-refractivity contribution >= 4 is 28.6 Å². The molecule has 1 N–H and O–H groups in total. The third kappa shape index (κ3) is 3.14. The highest BCUT2D eigenvalue weighted by Gasteiger charge is 2.16. The molecule has 118 valence electrons. The molecule has 5 heteroatoms. The van der Waals surface area contributed by atoms with Crippen molar-refractivity contribution in [3.8, 4) is 16.2 Å². The van der Waals surface area contributed by atoms with E-state index in [-0.39, 0.29) is 11.7 Å². The summed E-state index contributed by atoms with van der Waals surface area (Å²) in [4.78, 5) is 19.1. The molecule has 4 nitrogen and oxygen atoms in total. The number of aromatic hydroxyl groups is 1. The maximum atomic E-state index is 12.6. The monoisotopic (exact) mass is 334 g/mol. The van der Waals surface area contributed by atoms with E-state index in [2.05, 4.69) is 4.85 Å². The van der Waals surface area contributed by atoms with E-state index in [0.717, 1.165) is 10.4 Å². The topological polar surface area (TPSA) is 44.9 Å². The minimum absolute atomic E-state index is 0.124. The van der Waals surface area contributed by atoms with Crippen LogP contribution in [-0.4, -0.2) is 18.1 Å². The van der Waals surface area contributed by atoms with Gasteiger partial charge in [-0.25, -0.2) is 4.85 Å². The van der Waals surface area contributed by atoms with Crippen LogP contribution in [-0.2, 0) is 0 Å². The fourth-order valence-corrected chi connectivity index (χ4v) is 3.28. The minimum atomic E-state index is -0.130. The largest absolute Gasteiger partial charge is 0.508 e. The second-order valence-corrected chi connectivity index (χ2v) is 6.29. The number of hydrogen-bond donors (Lipinski definition) is 1. The molecule has 0 saturated heterocycles. The summed E-state index contributed by atoms with van der Waals surface area (Å²) in [6, 6.07) is 17.6. The van der Waals surface area contributed by atoms with Crippen molar-refractivity contribution in [1.29, 1.82) is 0 Å². The molecule has 0 aliphatic heterocycles. The predicted molar refractivity (Wildman–Crippen MR) is 96.9 cm³/mol. The molecular weight excluding hydrogens is 320 g/mol. The molecule has 1 heterocycles. The van der Waals surface area contributed by atoms with Crippen molar-refractivity contribution in [3.05, 3.63) is 77.0 Å². The predicted octanol–water partition coefficient (Wildman–Crippen LogP) is 4.95. The highest BCUT2D eigenvalue weighted by Crippen LogP contribution is 2.31. The molecule has 0 saturated carbocycles. The molecule has 2 aromatic carbocycles. The molecule has 3 rings (SSSR count). The van der Waals surface area contributed by atoms with Gasteiger partial charge in [-0.2, -0.15) is 0 Å². The zero-order chi connectivity index (χ0) is 17.1. The number of thiophene rings is 1. The molecule has 0 spiro atoms. The van der Waals surface area contributed by atoms with Gasteiger partial charge in [-0.1, -0.05) is 30.3 Å². The van der Waals surface area contributed by atoms with Crippen LogP contribution in [0.1, 0.15) is 9.67 Å². The molecule has 24 heavy (non-hydrogen) atoms. The number of hydrogen-bond acceptors (Lipinski definition) is 3. The van der Waals surface area contributed by atoms with Gasteiger partial charge >= 0.3 is 0 Å². The summed E-state index contributed by atoms with van der Waals surface area (Å²) < 4.78 is 0. The SMILES string of the molecule is [C-]#[N+]c1ccc(-c2ccc(C(=O)N(C)c3cccc(O)c3)s2)cc1. The van der Waals surface area contributed by atoms with Gasteiger partial charge in [0.15, 0.2) is 5.69 Å². The van der Waals surface area contributed by atoms with Gasteiger partial charge in [0.2, 0.25) is 0 Å². The van der Waals surface area contributed by atoms with Crippen LogP contribution in [0.5, 0.6) is 5.75 Å². The molecule has 1 aromatic heterocycles. The lowest BCUT2D eigenvalue weighted by molar-refractivity contribution is 0.0997. The molecule has 1 amide bonds. The molecule has 0 radical (unpaired) electrons. The fourth-order valence-electron chi connectivity index (χ4n) is 2.29. The summed E-state index contributed by atoms with van der Waals surface area (Å²) in [6.45, 7) is 6.98. The Balaban J connectivity index is 1.84. The molecule has 0 atom stereocenters. The van der Waals surface area contributed by atoms with E-state index < -0.39 is 0 Å². The minimum Gasteiger partial charge on any atom is -0.508 e. The zero-order valence-electron chi connectivity index (χ0n) is 12.9. The van der Waals surface area contributed by atoms with Gasteiger partial charge in [0.1, 0.15) is 5.75 Å². The first kappa shape index (κ1) is 15.8. The Hall–Kier alpha value is -3.10. The first-order valence-corrected chi connectivity index (χ1v) is 8.05. The lowest BCUT2D eigenvalue weighted by Gasteiger charge is -2.16. The van der Waals surface area contributed by atoms with Crippen LogP contribution in [0.15, 0.2) is 60.7 Å². The van der Waals surface area contributed by atoms with E-state index in [1.54, 1.807) is 49.5 Å². The van der Waals surface area contributed by atoms with E-state index >= 15 is 0 Å². The van der Waals surface area contributed by atoms with E-state index in [1.807, 2.05) is 18.2 Å². The van der Waals surface area contributed by atoms with Crippen molar-refractivity contribution in [1.82, 2.24) is 0 Å². The normalized spacial score (nSPS) is 10.2. The number of nitrogens with zero attached hydrogens (tertiary/aromatic N) is 2. The van der Waals surface area contributed by atoms with Crippen molar-refractivity contribution in [2.75, 3.05) is 11.9 Å². The summed E-state index contributed by atoms with van der Waals surface area (Å²) in [5.41, 5.74) is 2.21. The van der Waals surface area contributed by atoms with Gasteiger partial charge < -0.3 is 10.0 Å². The van der Waals surface area contributed by atoms with Crippen LogP contribution >= 0.6 is 11.3 Å². The summed E-state index contributed by atoms with van der Waals surface area (Å²) >= 11 is 1.40. The van der Waals surface area contributed by atoms with Crippen molar-refractivity contribution in [2.45, 2.75) is 0 Å². The van der Waals surface area contributed by atoms with Crippen LogP contribution in [0.4, 0.5) is 11.4 Å². The first-order chi connectivity index (χ1) is 11.6. The molecule has 0 bridgehead atoms. The number of carbonyl (C=O) groups is 1.